The summed E-state index contributed by atoms with van der Waals surface area (Å²) in [6, 6.07) is 15.8. The van der Waals surface area contributed by atoms with Crippen molar-refractivity contribution in [2.45, 2.75) is 6.92 Å². The van der Waals surface area contributed by atoms with Crippen molar-refractivity contribution in [2.75, 3.05) is 13.7 Å². The Morgan fingerprint density at radius 3 is 2.79 bits per heavy atom. The highest BCUT2D eigenvalue weighted by Gasteiger charge is 2.11. The molecule has 5 nitrogen and oxygen atoms in total. The molecule has 0 atom stereocenters. The van der Waals surface area contributed by atoms with Crippen LogP contribution in [0.4, 0.5) is 0 Å². The molecule has 3 aromatic rings. The molecule has 0 unspecified atom stereocenters. The molecule has 0 bridgehead atoms. The summed E-state index contributed by atoms with van der Waals surface area (Å²) in [5.74, 6) is 0.393. The lowest BCUT2D eigenvalue weighted by Gasteiger charge is -2.10. The second-order valence-corrected chi connectivity index (χ2v) is 5.14. The minimum atomic E-state index is -0.419. The highest BCUT2D eigenvalue weighted by molar-refractivity contribution is 5.87. The normalized spacial score (nSPS) is 10.4. The first-order chi connectivity index (χ1) is 11.7. The Morgan fingerprint density at radius 1 is 1.17 bits per heavy atom. The fraction of sp³-hybridized carbons (Fsp3) is 0.158. The zero-order valence-corrected chi connectivity index (χ0v) is 13.6. The molecule has 0 fully saturated rings. The molecule has 2 aromatic carbocycles. The maximum Gasteiger partial charge on any atom is 0.358 e. The average Bonchev–Trinajstić information content (AvgIpc) is 3.12. The van der Waals surface area contributed by atoms with Crippen molar-refractivity contribution in [1.29, 1.82) is 0 Å². The molecule has 0 saturated carbocycles. The number of nitrogens with zero attached hydrogens (tertiary/aromatic N) is 2. The van der Waals surface area contributed by atoms with E-state index in [1.807, 2.05) is 48.5 Å². The number of carbonyl (C=O) groups excluding carboxylic acids is 1. The lowest BCUT2D eigenvalue weighted by atomic mass is 10.0. The number of methoxy groups -OCH3 is 1. The standard InChI is InChI=1S/C19H18N2O3/c1-3-24-19(22)17-12-21(13-20-17)15-8-6-7-14(11-15)16-9-4-5-10-18(16)23-2/h4-13H,3H2,1-2H3. The number of rotatable bonds is 5. The summed E-state index contributed by atoms with van der Waals surface area (Å²) in [4.78, 5) is 15.9. The number of esters is 1. The van der Waals surface area contributed by atoms with Crippen molar-refractivity contribution in [3.63, 3.8) is 0 Å². The number of benzene rings is 2. The summed E-state index contributed by atoms with van der Waals surface area (Å²) in [6.07, 6.45) is 3.27. The van der Waals surface area contributed by atoms with Crippen molar-refractivity contribution >= 4 is 5.97 Å². The fourth-order valence-corrected chi connectivity index (χ4v) is 2.49. The van der Waals surface area contributed by atoms with Gasteiger partial charge in [0.05, 0.1) is 13.7 Å². The van der Waals surface area contributed by atoms with Gasteiger partial charge in [0.25, 0.3) is 0 Å². The van der Waals surface area contributed by atoms with Crippen LogP contribution in [-0.4, -0.2) is 29.2 Å². The number of carbonyl (C=O) groups is 1. The lowest BCUT2D eigenvalue weighted by Crippen LogP contribution is -2.04. The number of aromatic nitrogens is 2. The zero-order chi connectivity index (χ0) is 16.9. The Kier molecular flexibility index (Phi) is 4.61. The molecule has 3 rings (SSSR count). The molecule has 0 amide bonds. The fourth-order valence-electron chi connectivity index (χ4n) is 2.49. The molecule has 0 aliphatic heterocycles. The monoisotopic (exact) mass is 322 g/mol. The Hall–Kier alpha value is -3.08. The van der Waals surface area contributed by atoms with E-state index in [1.54, 1.807) is 31.1 Å². The number of imidazole rings is 1. The van der Waals surface area contributed by atoms with Gasteiger partial charge in [0, 0.05) is 17.4 Å². The highest BCUT2D eigenvalue weighted by Crippen LogP contribution is 2.30. The van der Waals surface area contributed by atoms with Crippen molar-refractivity contribution in [1.82, 2.24) is 9.55 Å². The summed E-state index contributed by atoms with van der Waals surface area (Å²) >= 11 is 0. The smallest absolute Gasteiger partial charge is 0.358 e. The average molecular weight is 322 g/mol. The predicted molar refractivity (Wildman–Crippen MR) is 91.5 cm³/mol. The van der Waals surface area contributed by atoms with Gasteiger partial charge in [0.2, 0.25) is 0 Å². The minimum Gasteiger partial charge on any atom is -0.496 e. The van der Waals surface area contributed by atoms with E-state index in [4.69, 9.17) is 9.47 Å². The Labute approximate surface area is 140 Å². The quantitative estimate of drug-likeness (QED) is 0.672. The molecule has 0 N–H and O–H groups in total. The molecule has 1 aromatic heterocycles. The van der Waals surface area contributed by atoms with E-state index >= 15 is 0 Å². The van der Waals surface area contributed by atoms with Crippen LogP contribution in [0, 0.1) is 0 Å². The van der Waals surface area contributed by atoms with E-state index in [0.29, 0.717) is 12.3 Å². The van der Waals surface area contributed by atoms with Crippen molar-refractivity contribution in [3.8, 4) is 22.6 Å². The van der Waals surface area contributed by atoms with Crippen molar-refractivity contribution < 1.29 is 14.3 Å². The van der Waals surface area contributed by atoms with E-state index < -0.39 is 5.97 Å². The van der Waals surface area contributed by atoms with Gasteiger partial charge >= 0.3 is 5.97 Å². The van der Waals surface area contributed by atoms with Crippen LogP contribution in [0.1, 0.15) is 17.4 Å². The third kappa shape index (κ3) is 3.15. The van der Waals surface area contributed by atoms with Crippen LogP contribution in [0.2, 0.25) is 0 Å². The molecular formula is C19H18N2O3. The number of hydrogen-bond acceptors (Lipinski definition) is 4. The molecule has 0 aliphatic carbocycles. The molecule has 24 heavy (non-hydrogen) atoms. The van der Waals surface area contributed by atoms with Crippen LogP contribution in [0.25, 0.3) is 16.8 Å². The summed E-state index contributed by atoms with van der Waals surface area (Å²) in [5, 5.41) is 0. The van der Waals surface area contributed by atoms with Crippen molar-refractivity contribution in [3.05, 3.63) is 66.7 Å². The SMILES string of the molecule is CCOC(=O)c1cn(-c2cccc(-c3ccccc3OC)c2)cn1. The predicted octanol–water partition coefficient (Wildman–Crippen LogP) is 3.72. The van der Waals surface area contributed by atoms with Gasteiger partial charge in [-0.05, 0) is 30.7 Å². The first kappa shape index (κ1) is 15.8. The van der Waals surface area contributed by atoms with Gasteiger partial charge < -0.3 is 14.0 Å². The summed E-state index contributed by atoms with van der Waals surface area (Å²) in [7, 11) is 1.66. The zero-order valence-electron chi connectivity index (χ0n) is 13.6. The van der Waals surface area contributed by atoms with Crippen LogP contribution < -0.4 is 4.74 Å². The van der Waals surface area contributed by atoms with E-state index in [0.717, 1.165) is 22.6 Å². The maximum absolute atomic E-state index is 11.7. The topological polar surface area (TPSA) is 53.4 Å². The van der Waals surface area contributed by atoms with Crippen LogP contribution in [0.3, 0.4) is 0 Å². The van der Waals surface area contributed by atoms with E-state index in [-0.39, 0.29) is 0 Å². The van der Waals surface area contributed by atoms with Gasteiger partial charge in [-0.15, -0.1) is 0 Å². The van der Waals surface area contributed by atoms with Crippen LogP contribution in [0.15, 0.2) is 61.1 Å². The van der Waals surface area contributed by atoms with E-state index in [1.165, 1.54) is 0 Å². The van der Waals surface area contributed by atoms with Crippen LogP contribution >= 0.6 is 0 Å². The van der Waals surface area contributed by atoms with Crippen LogP contribution in [-0.2, 0) is 4.74 Å². The molecule has 0 spiro atoms. The molecule has 5 heteroatoms. The lowest BCUT2D eigenvalue weighted by molar-refractivity contribution is 0.0520. The van der Waals surface area contributed by atoms with Crippen LogP contribution in [0.5, 0.6) is 5.75 Å². The van der Waals surface area contributed by atoms with Gasteiger partial charge in [-0.3, -0.25) is 0 Å². The van der Waals surface area contributed by atoms with E-state index in [9.17, 15) is 4.79 Å². The summed E-state index contributed by atoms with van der Waals surface area (Å²) in [6.45, 7) is 2.10. The molecule has 0 radical (unpaired) electrons. The first-order valence-corrected chi connectivity index (χ1v) is 7.68. The van der Waals surface area contributed by atoms with Gasteiger partial charge in [0.1, 0.15) is 12.1 Å². The van der Waals surface area contributed by atoms with Gasteiger partial charge in [-0.25, -0.2) is 9.78 Å². The Bertz CT molecular complexity index is 855. The van der Waals surface area contributed by atoms with Gasteiger partial charge in [-0.2, -0.15) is 0 Å². The second-order valence-electron chi connectivity index (χ2n) is 5.14. The number of hydrogen-bond donors (Lipinski definition) is 0. The molecular weight excluding hydrogens is 304 g/mol. The largest absolute Gasteiger partial charge is 0.496 e. The molecule has 122 valence electrons. The third-order valence-electron chi connectivity index (χ3n) is 3.63. The number of para-hydroxylation sites is 1. The van der Waals surface area contributed by atoms with Gasteiger partial charge in [-0.1, -0.05) is 30.3 Å². The van der Waals surface area contributed by atoms with E-state index in [2.05, 4.69) is 4.98 Å². The highest BCUT2D eigenvalue weighted by atomic mass is 16.5. The molecule has 0 saturated heterocycles. The summed E-state index contributed by atoms with van der Waals surface area (Å²) in [5.41, 5.74) is 3.23. The first-order valence-electron chi connectivity index (χ1n) is 7.68. The Balaban J connectivity index is 1.95. The second kappa shape index (κ2) is 7.00. The summed E-state index contributed by atoms with van der Waals surface area (Å²) < 4.78 is 12.2. The Morgan fingerprint density at radius 2 is 2.00 bits per heavy atom. The molecule has 1 heterocycles. The molecule has 0 aliphatic rings. The minimum absolute atomic E-state index is 0.291. The van der Waals surface area contributed by atoms with Crippen molar-refractivity contribution in [2.24, 2.45) is 0 Å². The maximum atomic E-state index is 11.7. The number of ether oxygens (including phenoxy) is 2. The third-order valence-corrected chi connectivity index (χ3v) is 3.63. The van der Waals surface area contributed by atoms with Gasteiger partial charge in [0.15, 0.2) is 5.69 Å².